The lowest BCUT2D eigenvalue weighted by atomic mass is 10.0. The van der Waals surface area contributed by atoms with Gasteiger partial charge in [-0.25, -0.2) is 0 Å². The van der Waals surface area contributed by atoms with Crippen LogP contribution in [0.2, 0.25) is 0 Å². The molecule has 0 saturated carbocycles. The SMILES string of the molecule is CCCOc1ccccc1C(NCC)c1snnc1C. The first kappa shape index (κ1) is 14.9. The van der Waals surface area contributed by atoms with E-state index in [1.54, 1.807) is 0 Å². The average Bonchev–Trinajstić information content (AvgIpc) is 2.89. The van der Waals surface area contributed by atoms with Crippen molar-refractivity contribution < 1.29 is 4.74 Å². The van der Waals surface area contributed by atoms with E-state index in [0.717, 1.165) is 41.5 Å². The Kier molecular flexibility index (Phi) is 5.49. The summed E-state index contributed by atoms with van der Waals surface area (Å²) >= 11 is 1.45. The number of hydrogen-bond acceptors (Lipinski definition) is 5. The molecule has 0 amide bonds. The van der Waals surface area contributed by atoms with Gasteiger partial charge in [0, 0.05) is 5.56 Å². The summed E-state index contributed by atoms with van der Waals surface area (Å²) in [6, 6.07) is 8.28. The predicted octanol–water partition coefficient (Wildman–Crippen LogP) is 3.33. The standard InChI is InChI=1S/C15H21N3OS/c1-4-10-19-13-9-7-6-8-12(13)14(16-5-2)15-11(3)17-18-20-15/h6-9,14,16H,4-5,10H2,1-3H3. The molecule has 1 aromatic heterocycles. The highest BCUT2D eigenvalue weighted by atomic mass is 32.1. The maximum Gasteiger partial charge on any atom is 0.124 e. The number of benzene rings is 1. The van der Waals surface area contributed by atoms with Crippen LogP contribution in [0, 0.1) is 6.92 Å². The van der Waals surface area contributed by atoms with E-state index < -0.39 is 0 Å². The van der Waals surface area contributed by atoms with E-state index in [0.29, 0.717) is 0 Å². The first-order valence-electron chi connectivity index (χ1n) is 7.01. The van der Waals surface area contributed by atoms with Gasteiger partial charge in [0.15, 0.2) is 0 Å². The molecule has 1 N–H and O–H groups in total. The number of nitrogens with one attached hydrogen (secondary N) is 1. The molecule has 4 nitrogen and oxygen atoms in total. The van der Waals surface area contributed by atoms with Crippen LogP contribution in [0.5, 0.6) is 5.75 Å². The largest absolute Gasteiger partial charge is 0.493 e. The van der Waals surface area contributed by atoms with Crippen LogP contribution in [0.15, 0.2) is 24.3 Å². The Morgan fingerprint density at radius 3 is 2.75 bits per heavy atom. The van der Waals surface area contributed by atoms with E-state index in [1.807, 2.05) is 25.1 Å². The van der Waals surface area contributed by atoms with Gasteiger partial charge >= 0.3 is 0 Å². The first-order chi connectivity index (χ1) is 9.77. The molecule has 0 saturated heterocycles. The third kappa shape index (κ3) is 3.35. The third-order valence-electron chi connectivity index (χ3n) is 3.05. The van der Waals surface area contributed by atoms with Gasteiger partial charge in [-0.05, 0) is 37.5 Å². The van der Waals surface area contributed by atoms with Crippen molar-refractivity contribution in [2.24, 2.45) is 0 Å². The molecule has 20 heavy (non-hydrogen) atoms. The molecular formula is C15H21N3OS. The van der Waals surface area contributed by atoms with Crippen LogP contribution in [0.25, 0.3) is 0 Å². The zero-order chi connectivity index (χ0) is 14.4. The fourth-order valence-corrected chi connectivity index (χ4v) is 2.85. The number of nitrogens with zero attached hydrogens (tertiary/aromatic N) is 2. The van der Waals surface area contributed by atoms with Gasteiger partial charge in [-0.1, -0.05) is 36.5 Å². The van der Waals surface area contributed by atoms with Crippen molar-refractivity contribution in [1.29, 1.82) is 0 Å². The zero-order valence-electron chi connectivity index (χ0n) is 12.2. The van der Waals surface area contributed by atoms with Gasteiger partial charge in [0.25, 0.3) is 0 Å². The number of para-hydroxylation sites is 1. The summed E-state index contributed by atoms with van der Waals surface area (Å²) in [6.45, 7) is 7.83. The summed E-state index contributed by atoms with van der Waals surface area (Å²) in [5.74, 6) is 0.938. The Morgan fingerprint density at radius 2 is 2.10 bits per heavy atom. The molecule has 0 fully saturated rings. The third-order valence-corrected chi connectivity index (χ3v) is 3.94. The highest BCUT2D eigenvalue weighted by Crippen LogP contribution is 2.32. The van der Waals surface area contributed by atoms with E-state index in [9.17, 15) is 0 Å². The Hall–Kier alpha value is -1.46. The Balaban J connectivity index is 2.36. The van der Waals surface area contributed by atoms with Crippen molar-refractivity contribution in [3.8, 4) is 5.75 Å². The molecule has 1 atom stereocenters. The summed E-state index contributed by atoms with van der Waals surface area (Å²) in [4.78, 5) is 1.15. The van der Waals surface area contributed by atoms with E-state index in [1.165, 1.54) is 11.5 Å². The summed E-state index contributed by atoms with van der Waals surface area (Å²) in [5, 5.41) is 7.63. The van der Waals surface area contributed by atoms with Gasteiger partial charge in [-0.2, -0.15) is 0 Å². The number of ether oxygens (including phenoxy) is 1. The minimum Gasteiger partial charge on any atom is -0.493 e. The zero-order valence-corrected chi connectivity index (χ0v) is 13.0. The van der Waals surface area contributed by atoms with E-state index in [-0.39, 0.29) is 6.04 Å². The van der Waals surface area contributed by atoms with Crippen molar-refractivity contribution in [2.45, 2.75) is 33.2 Å². The van der Waals surface area contributed by atoms with Crippen LogP contribution in [0.3, 0.4) is 0 Å². The molecule has 0 bridgehead atoms. The molecule has 0 aliphatic heterocycles. The van der Waals surface area contributed by atoms with E-state index in [2.05, 4.69) is 34.8 Å². The summed E-state index contributed by atoms with van der Waals surface area (Å²) in [5.41, 5.74) is 2.13. The van der Waals surface area contributed by atoms with E-state index >= 15 is 0 Å². The van der Waals surface area contributed by atoms with Crippen molar-refractivity contribution in [3.05, 3.63) is 40.4 Å². The number of aryl methyl sites for hydroxylation is 1. The second-order valence-corrected chi connectivity index (χ2v) is 5.39. The van der Waals surface area contributed by atoms with E-state index in [4.69, 9.17) is 4.74 Å². The first-order valence-corrected chi connectivity index (χ1v) is 7.79. The Morgan fingerprint density at radius 1 is 1.30 bits per heavy atom. The molecule has 1 heterocycles. The van der Waals surface area contributed by atoms with Crippen LogP contribution in [-0.4, -0.2) is 22.7 Å². The van der Waals surface area contributed by atoms with Crippen molar-refractivity contribution in [3.63, 3.8) is 0 Å². The van der Waals surface area contributed by atoms with Crippen molar-refractivity contribution in [1.82, 2.24) is 14.9 Å². The van der Waals surface area contributed by atoms with Crippen LogP contribution in [-0.2, 0) is 0 Å². The summed E-state index contributed by atoms with van der Waals surface area (Å²) < 4.78 is 9.93. The second-order valence-electron chi connectivity index (χ2n) is 4.60. The molecule has 0 radical (unpaired) electrons. The van der Waals surface area contributed by atoms with Gasteiger partial charge in [-0.3, -0.25) is 0 Å². The van der Waals surface area contributed by atoms with Gasteiger partial charge in [0.05, 0.1) is 23.2 Å². The fourth-order valence-electron chi connectivity index (χ4n) is 2.11. The van der Waals surface area contributed by atoms with Gasteiger partial charge < -0.3 is 10.1 Å². The smallest absolute Gasteiger partial charge is 0.124 e. The minimum absolute atomic E-state index is 0.0908. The molecule has 1 aromatic carbocycles. The molecule has 108 valence electrons. The van der Waals surface area contributed by atoms with Crippen LogP contribution in [0.4, 0.5) is 0 Å². The molecule has 0 aliphatic carbocycles. The van der Waals surface area contributed by atoms with Crippen molar-refractivity contribution in [2.75, 3.05) is 13.2 Å². The molecule has 1 unspecified atom stereocenters. The number of aromatic nitrogens is 2. The maximum atomic E-state index is 5.88. The lowest BCUT2D eigenvalue weighted by Gasteiger charge is -2.20. The predicted molar refractivity (Wildman–Crippen MR) is 82.4 cm³/mol. The maximum absolute atomic E-state index is 5.88. The van der Waals surface area contributed by atoms with Crippen LogP contribution >= 0.6 is 11.5 Å². The molecule has 0 aliphatic rings. The van der Waals surface area contributed by atoms with Crippen LogP contribution in [0.1, 0.15) is 42.4 Å². The average molecular weight is 291 g/mol. The highest BCUT2D eigenvalue weighted by Gasteiger charge is 2.21. The molecule has 5 heteroatoms. The fraction of sp³-hybridized carbons (Fsp3) is 0.467. The quantitative estimate of drug-likeness (QED) is 0.850. The lowest BCUT2D eigenvalue weighted by Crippen LogP contribution is -2.22. The van der Waals surface area contributed by atoms with Gasteiger partial charge in [0.2, 0.25) is 0 Å². The Labute approximate surface area is 124 Å². The Bertz CT molecular complexity index is 541. The van der Waals surface area contributed by atoms with Crippen LogP contribution < -0.4 is 10.1 Å². The molecule has 2 rings (SSSR count). The molecule has 2 aromatic rings. The summed E-state index contributed by atoms with van der Waals surface area (Å²) in [6.07, 6.45) is 1.00. The monoisotopic (exact) mass is 291 g/mol. The molecule has 0 spiro atoms. The van der Waals surface area contributed by atoms with Gasteiger partial charge in [-0.15, -0.1) is 5.10 Å². The number of hydrogen-bond donors (Lipinski definition) is 1. The van der Waals surface area contributed by atoms with Gasteiger partial charge in [0.1, 0.15) is 5.75 Å². The summed E-state index contributed by atoms with van der Waals surface area (Å²) in [7, 11) is 0. The normalized spacial score (nSPS) is 12.3. The molecular weight excluding hydrogens is 270 g/mol. The minimum atomic E-state index is 0.0908. The van der Waals surface area contributed by atoms with Crippen molar-refractivity contribution >= 4 is 11.5 Å². The highest BCUT2D eigenvalue weighted by molar-refractivity contribution is 7.05. The topological polar surface area (TPSA) is 47.0 Å². The number of rotatable bonds is 7. The second kappa shape index (κ2) is 7.36. The lowest BCUT2D eigenvalue weighted by molar-refractivity contribution is 0.312.